The van der Waals surface area contributed by atoms with Crippen LogP contribution in [0.3, 0.4) is 0 Å². The number of nitrogens with one attached hydrogen (secondary N) is 1. The van der Waals surface area contributed by atoms with Crippen LogP contribution in [0.25, 0.3) is 0 Å². The smallest absolute Gasteiger partial charge is 0.322 e. The molecule has 110 valence electrons. The van der Waals surface area contributed by atoms with Gasteiger partial charge in [0.1, 0.15) is 0 Å². The highest BCUT2D eigenvalue weighted by Crippen LogP contribution is 2.30. The summed E-state index contributed by atoms with van der Waals surface area (Å²) in [5, 5.41) is 10.5. The van der Waals surface area contributed by atoms with E-state index >= 15 is 0 Å². The zero-order valence-corrected chi connectivity index (χ0v) is 12.7. The Morgan fingerprint density at radius 3 is 2.76 bits per heavy atom. The largest absolute Gasteiger partial charge is 0.407 e. The average molecular weight is 303 g/mol. The van der Waals surface area contributed by atoms with E-state index in [1.807, 2.05) is 11.8 Å². The summed E-state index contributed by atoms with van der Waals surface area (Å²) in [5.74, 6) is 1.68. The standard InChI is InChI=1S/C15H17N3O2S/c1-2-21-12-7-3-10(4-8-12)9-13-17-18-15(20-13)16-14(19)11-5-6-11/h3-4,7-8,11H,2,5-6,9H2,1H3,(H,16,18,19). The molecule has 1 heterocycles. The Kier molecular flexibility index (Phi) is 4.24. The fourth-order valence-corrected chi connectivity index (χ4v) is 2.64. The Morgan fingerprint density at radius 2 is 2.10 bits per heavy atom. The van der Waals surface area contributed by atoms with Crippen molar-refractivity contribution in [1.82, 2.24) is 10.2 Å². The van der Waals surface area contributed by atoms with Crippen LogP contribution < -0.4 is 5.32 Å². The minimum Gasteiger partial charge on any atom is -0.407 e. The lowest BCUT2D eigenvalue weighted by molar-refractivity contribution is -0.117. The van der Waals surface area contributed by atoms with E-state index in [4.69, 9.17) is 4.42 Å². The summed E-state index contributed by atoms with van der Waals surface area (Å²) in [7, 11) is 0. The number of thioether (sulfide) groups is 1. The molecule has 21 heavy (non-hydrogen) atoms. The first-order chi connectivity index (χ1) is 10.2. The van der Waals surface area contributed by atoms with Gasteiger partial charge in [-0.1, -0.05) is 24.2 Å². The third-order valence-electron chi connectivity index (χ3n) is 3.23. The van der Waals surface area contributed by atoms with E-state index in [9.17, 15) is 4.79 Å². The Hall–Kier alpha value is -1.82. The first-order valence-electron chi connectivity index (χ1n) is 7.09. The Morgan fingerprint density at radius 1 is 1.33 bits per heavy atom. The molecule has 1 aromatic carbocycles. The molecular weight excluding hydrogens is 286 g/mol. The SMILES string of the molecule is CCSc1ccc(Cc2nnc(NC(=O)C3CC3)o2)cc1. The van der Waals surface area contributed by atoms with E-state index in [0.29, 0.717) is 12.3 Å². The first-order valence-corrected chi connectivity index (χ1v) is 8.08. The lowest BCUT2D eigenvalue weighted by atomic mass is 10.1. The molecule has 6 heteroatoms. The molecular formula is C15H17N3O2S. The third kappa shape index (κ3) is 3.85. The zero-order valence-electron chi connectivity index (χ0n) is 11.8. The molecule has 1 amide bonds. The van der Waals surface area contributed by atoms with Gasteiger partial charge in [0.15, 0.2) is 0 Å². The van der Waals surface area contributed by atoms with E-state index in [1.54, 1.807) is 0 Å². The van der Waals surface area contributed by atoms with Crippen LogP contribution in [0.15, 0.2) is 33.6 Å². The summed E-state index contributed by atoms with van der Waals surface area (Å²) in [6.45, 7) is 2.13. The van der Waals surface area contributed by atoms with Crippen molar-refractivity contribution in [3.63, 3.8) is 0 Å². The molecule has 1 aromatic heterocycles. The van der Waals surface area contributed by atoms with Gasteiger partial charge < -0.3 is 4.42 Å². The number of amides is 1. The second kappa shape index (κ2) is 6.30. The van der Waals surface area contributed by atoms with Crippen LogP contribution in [0.4, 0.5) is 6.01 Å². The van der Waals surface area contributed by atoms with Crippen molar-refractivity contribution in [3.8, 4) is 0 Å². The van der Waals surface area contributed by atoms with Crippen LogP contribution in [0.5, 0.6) is 0 Å². The predicted molar refractivity (Wildman–Crippen MR) is 81.3 cm³/mol. The summed E-state index contributed by atoms with van der Waals surface area (Å²) in [5.41, 5.74) is 1.11. The van der Waals surface area contributed by atoms with Crippen LogP contribution in [-0.4, -0.2) is 21.9 Å². The van der Waals surface area contributed by atoms with E-state index in [1.165, 1.54) is 4.90 Å². The highest BCUT2D eigenvalue weighted by molar-refractivity contribution is 7.99. The minimum atomic E-state index is -0.0221. The fraction of sp³-hybridized carbons (Fsp3) is 0.400. The van der Waals surface area contributed by atoms with E-state index in [0.717, 1.165) is 24.2 Å². The van der Waals surface area contributed by atoms with Gasteiger partial charge in [-0.15, -0.1) is 16.9 Å². The van der Waals surface area contributed by atoms with Crippen molar-refractivity contribution in [2.75, 3.05) is 11.1 Å². The van der Waals surface area contributed by atoms with Gasteiger partial charge in [0.25, 0.3) is 0 Å². The third-order valence-corrected chi connectivity index (χ3v) is 4.13. The molecule has 0 unspecified atom stereocenters. The molecule has 1 saturated carbocycles. The maximum absolute atomic E-state index is 11.6. The molecule has 1 aliphatic carbocycles. The second-order valence-electron chi connectivity index (χ2n) is 5.02. The number of aromatic nitrogens is 2. The molecule has 0 radical (unpaired) electrons. The van der Waals surface area contributed by atoms with Crippen LogP contribution >= 0.6 is 11.8 Å². The summed E-state index contributed by atoms with van der Waals surface area (Å²) in [6.07, 6.45) is 2.48. The average Bonchev–Trinajstić information content (AvgIpc) is 3.25. The number of rotatable bonds is 6. The van der Waals surface area contributed by atoms with E-state index in [2.05, 4.69) is 46.7 Å². The highest BCUT2D eigenvalue weighted by atomic mass is 32.2. The number of nitrogens with zero attached hydrogens (tertiary/aromatic N) is 2. The lowest BCUT2D eigenvalue weighted by Gasteiger charge is -2.00. The van der Waals surface area contributed by atoms with E-state index < -0.39 is 0 Å². The zero-order chi connectivity index (χ0) is 14.7. The summed E-state index contributed by atoms with van der Waals surface area (Å²) >= 11 is 1.81. The normalized spacial score (nSPS) is 14.1. The first kappa shape index (κ1) is 14.1. The molecule has 1 N–H and O–H groups in total. The summed E-state index contributed by atoms with van der Waals surface area (Å²) in [4.78, 5) is 12.9. The maximum Gasteiger partial charge on any atom is 0.322 e. The molecule has 0 bridgehead atoms. The minimum absolute atomic E-state index is 0.0221. The Bertz CT molecular complexity index is 620. The molecule has 2 aromatic rings. The number of hydrogen-bond acceptors (Lipinski definition) is 5. The van der Waals surface area contributed by atoms with Crippen molar-refractivity contribution in [2.45, 2.75) is 31.1 Å². The Balaban J connectivity index is 1.59. The van der Waals surface area contributed by atoms with Gasteiger partial charge in [-0.3, -0.25) is 10.1 Å². The van der Waals surface area contributed by atoms with Crippen molar-refractivity contribution < 1.29 is 9.21 Å². The van der Waals surface area contributed by atoms with Gasteiger partial charge in [-0.05, 0) is 36.3 Å². The van der Waals surface area contributed by atoms with Gasteiger partial charge in [0.05, 0.1) is 6.42 Å². The highest BCUT2D eigenvalue weighted by Gasteiger charge is 2.30. The number of hydrogen-bond donors (Lipinski definition) is 1. The molecule has 0 saturated heterocycles. The van der Waals surface area contributed by atoms with Crippen molar-refractivity contribution >= 4 is 23.7 Å². The van der Waals surface area contributed by atoms with Crippen LogP contribution in [0.1, 0.15) is 31.2 Å². The number of benzene rings is 1. The van der Waals surface area contributed by atoms with Crippen LogP contribution in [0, 0.1) is 5.92 Å². The molecule has 1 aliphatic rings. The topological polar surface area (TPSA) is 68.0 Å². The molecule has 0 atom stereocenters. The van der Waals surface area contributed by atoms with Crippen LogP contribution in [0.2, 0.25) is 0 Å². The van der Waals surface area contributed by atoms with Crippen molar-refractivity contribution in [2.24, 2.45) is 5.92 Å². The van der Waals surface area contributed by atoms with Gasteiger partial charge >= 0.3 is 6.01 Å². The number of anilines is 1. The summed E-state index contributed by atoms with van der Waals surface area (Å²) in [6, 6.07) is 8.50. The van der Waals surface area contributed by atoms with Gasteiger partial charge in [0, 0.05) is 10.8 Å². The Labute approximate surface area is 127 Å². The number of carbonyl (C=O) groups excluding carboxylic acids is 1. The van der Waals surface area contributed by atoms with Gasteiger partial charge in [0.2, 0.25) is 11.8 Å². The second-order valence-corrected chi connectivity index (χ2v) is 6.36. The van der Waals surface area contributed by atoms with Crippen molar-refractivity contribution in [3.05, 3.63) is 35.7 Å². The summed E-state index contributed by atoms with van der Waals surface area (Å²) < 4.78 is 5.45. The van der Waals surface area contributed by atoms with Gasteiger partial charge in [-0.2, -0.15) is 0 Å². The predicted octanol–water partition coefficient (Wildman–Crippen LogP) is 3.12. The lowest BCUT2D eigenvalue weighted by Crippen LogP contribution is -2.13. The van der Waals surface area contributed by atoms with Crippen molar-refractivity contribution in [1.29, 1.82) is 0 Å². The van der Waals surface area contributed by atoms with Gasteiger partial charge in [-0.25, -0.2) is 0 Å². The fourth-order valence-electron chi connectivity index (χ4n) is 1.97. The van der Waals surface area contributed by atoms with Crippen LogP contribution in [-0.2, 0) is 11.2 Å². The quantitative estimate of drug-likeness (QED) is 0.830. The maximum atomic E-state index is 11.6. The molecule has 1 fully saturated rings. The monoisotopic (exact) mass is 303 g/mol. The molecule has 0 aliphatic heterocycles. The van der Waals surface area contributed by atoms with E-state index in [-0.39, 0.29) is 17.8 Å². The molecule has 0 spiro atoms. The number of carbonyl (C=O) groups is 1. The molecule has 5 nitrogen and oxygen atoms in total. The molecule has 3 rings (SSSR count).